The van der Waals surface area contributed by atoms with Crippen molar-refractivity contribution in [2.24, 2.45) is 5.92 Å². The largest absolute Gasteiger partial charge is 0.393 e. The monoisotopic (exact) mass is 170 g/mol. The molecule has 0 aliphatic carbocycles. The predicted octanol–water partition coefficient (Wildman–Crippen LogP) is 1.74. The maximum absolute atomic E-state index is 9.67. The van der Waals surface area contributed by atoms with Crippen LogP contribution in [0.25, 0.3) is 0 Å². The minimum Gasteiger partial charge on any atom is -0.393 e. The number of rotatable bonds is 3. The topological polar surface area (TPSA) is 29.5 Å². The van der Waals surface area contributed by atoms with Gasteiger partial charge in [0, 0.05) is 5.92 Å². The van der Waals surface area contributed by atoms with Crippen LogP contribution in [0.2, 0.25) is 0 Å². The Labute approximate surface area is 74.2 Å². The first kappa shape index (κ1) is 9.75. The Kier molecular flexibility index (Phi) is 3.76. The quantitative estimate of drug-likeness (QED) is 0.654. The van der Waals surface area contributed by atoms with Crippen LogP contribution in [0.5, 0.6) is 0 Å². The number of aliphatic hydroxyl groups is 1. The van der Waals surface area contributed by atoms with E-state index in [-0.39, 0.29) is 12.0 Å². The average Bonchev–Trinajstić information content (AvgIpc) is 2.05. The van der Waals surface area contributed by atoms with Gasteiger partial charge in [-0.15, -0.1) is 0 Å². The van der Waals surface area contributed by atoms with Crippen LogP contribution in [0.15, 0.2) is 12.2 Å². The van der Waals surface area contributed by atoms with Gasteiger partial charge in [-0.05, 0) is 12.8 Å². The lowest BCUT2D eigenvalue weighted by molar-refractivity contribution is 0.00969. The van der Waals surface area contributed by atoms with Crippen molar-refractivity contribution in [3.8, 4) is 0 Å². The molecule has 1 saturated heterocycles. The van der Waals surface area contributed by atoms with Gasteiger partial charge in [0.05, 0.1) is 19.3 Å². The molecular formula is C10H18O2. The van der Waals surface area contributed by atoms with Gasteiger partial charge < -0.3 is 9.84 Å². The smallest absolute Gasteiger partial charge is 0.0674 e. The minimum absolute atomic E-state index is 0.202. The molecule has 1 rings (SSSR count). The molecule has 2 atom stereocenters. The number of aliphatic hydroxyl groups excluding tert-OH is 1. The molecule has 0 aromatic rings. The highest BCUT2D eigenvalue weighted by atomic mass is 16.5. The van der Waals surface area contributed by atoms with E-state index in [1.807, 2.05) is 0 Å². The molecule has 0 aromatic heterocycles. The lowest BCUT2D eigenvalue weighted by Crippen LogP contribution is -2.29. The zero-order valence-electron chi connectivity index (χ0n) is 7.75. The van der Waals surface area contributed by atoms with Crippen LogP contribution in [0.4, 0.5) is 0 Å². The highest BCUT2D eigenvalue weighted by Gasteiger charge is 2.22. The van der Waals surface area contributed by atoms with Crippen molar-refractivity contribution >= 4 is 0 Å². The summed E-state index contributed by atoms with van der Waals surface area (Å²) in [6, 6.07) is 0. The Morgan fingerprint density at radius 3 is 3.08 bits per heavy atom. The summed E-state index contributed by atoms with van der Waals surface area (Å²) in [4.78, 5) is 0. The van der Waals surface area contributed by atoms with Crippen LogP contribution in [0, 0.1) is 5.92 Å². The van der Waals surface area contributed by atoms with Gasteiger partial charge in [0.1, 0.15) is 0 Å². The molecule has 12 heavy (non-hydrogen) atoms. The second kappa shape index (κ2) is 4.63. The van der Waals surface area contributed by atoms with Gasteiger partial charge in [-0.25, -0.2) is 0 Å². The number of hydrogen-bond donors (Lipinski definition) is 1. The van der Waals surface area contributed by atoms with Crippen molar-refractivity contribution in [1.82, 2.24) is 0 Å². The van der Waals surface area contributed by atoms with E-state index in [1.54, 1.807) is 0 Å². The second-order valence-electron chi connectivity index (χ2n) is 3.59. The van der Waals surface area contributed by atoms with Gasteiger partial charge >= 0.3 is 0 Å². The molecule has 1 N–H and O–H groups in total. The van der Waals surface area contributed by atoms with E-state index in [0.717, 1.165) is 24.8 Å². The first-order valence-corrected chi connectivity index (χ1v) is 4.66. The summed E-state index contributed by atoms with van der Waals surface area (Å²) in [6.07, 6.45) is 2.64. The Bertz CT molecular complexity index is 154. The lowest BCUT2D eigenvalue weighted by Gasteiger charge is -2.27. The molecule has 0 radical (unpaired) electrons. The molecule has 0 saturated carbocycles. The minimum atomic E-state index is -0.202. The van der Waals surface area contributed by atoms with Crippen molar-refractivity contribution in [2.75, 3.05) is 13.2 Å². The highest BCUT2D eigenvalue weighted by Crippen LogP contribution is 2.22. The fraction of sp³-hybridized carbons (Fsp3) is 0.800. The van der Waals surface area contributed by atoms with E-state index in [4.69, 9.17) is 4.74 Å². The highest BCUT2D eigenvalue weighted by molar-refractivity contribution is 4.99. The van der Waals surface area contributed by atoms with Crippen LogP contribution in [0.3, 0.4) is 0 Å². The predicted molar refractivity (Wildman–Crippen MR) is 49.0 cm³/mol. The summed E-state index contributed by atoms with van der Waals surface area (Å²) >= 11 is 0. The van der Waals surface area contributed by atoms with Crippen molar-refractivity contribution in [1.29, 1.82) is 0 Å². The average molecular weight is 170 g/mol. The zero-order chi connectivity index (χ0) is 8.97. The molecule has 1 aliphatic rings. The Balaban J connectivity index is 2.34. The van der Waals surface area contributed by atoms with Crippen LogP contribution in [0.1, 0.15) is 26.2 Å². The third-order valence-corrected chi connectivity index (χ3v) is 2.32. The molecule has 0 bridgehead atoms. The van der Waals surface area contributed by atoms with Gasteiger partial charge in [-0.1, -0.05) is 25.5 Å². The van der Waals surface area contributed by atoms with Gasteiger partial charge in [0.15, 0.2) is 0 Å². The zero-order valence-corrected chi connectivity index (χ0v) is 7.75. The van der Waals surface area contributed by atoms with Crippen molar-refractivity contribution < 1.29 is 9.84 Å². The SMILES string of the molecule is C=C1COCC(C(O)CCC)C1. The van der Waals surface area contributed by atoms with Crippen LogP contribution < -0.4 is 0 Å². The summed E-state index contributed by atoms with van der Waals surface area (Å²) in [5.74, 6) is 0.284. The van der Waals surface area contributed by atoms with Crippen LogP contribution >= 0.6 is 0 Å². The van der Waals surface area contributed by atoms with Gasteiger partial charge in [-0.3, -0.25) is 0 Å². The summed E-state index contributed by atoms with van der Waals surface area (Å²) in [5.41, 5.74) is 1.11. The summed E-state index contributed by atoms with van der Waals surface area (Å²) in [5, 5.41) is 9.67. The molecule has 2 unspecified atom stereocenters. The van der Waals surface area contributed by atoms with Crippen molar-refractivity contribution in [3.63, 3.8) is 0 Å². The molecule has 0 aromatic carbocycles. The second-order valence-corrected chi connectivity index (χ2v) is 3.59. The molecule has 2 nitrogen and oxygen atoms in total. The molecule has 1 aliphatic heterocycles. The molecule has 1 heterocycles. The van der Waals surface area contributed by atoms with E-state index in [2.05, 4.69) is 13.5 Å². The van der Waals surface area contributed by atoms with Crippen molar-refractivity contribution in [3.05, 3.63) is 12.2 Å². The maximum Gasteiger partial charge on any atom is 0.0674 e. The van der Waals surface area contributed by atoms with E-state index in [9.17, 15) is 5.11 Å². The summed E-state index contributed by atoms with van der Waals surface area (Å²) < 4.78 is 5.30. The van der Waals surface area contributed by atoms with Gasteiger partial charge in [0.25, 0.3) is 0 Å². The number of ether oxygens (including phenoxy) is 1. The van der Waals surface area contributed by atoms with Crippen LogP contribution in [-0.2, 0) is 4.74 Å². The molecule has 0 amide bonds. The lowest BCUT2D eigenvalue weighted by atomic mass is 9.91. The normalized spacial score (nSPS) is 27.2. The fourth-order valence-electron chi connectivity index (χ4n) is 1.62. The Morgan fingerprint density at radius 2 is 2.50 bits per heavy atom. The fourth-order valence-corrected chi connectivity index (χ4v) is 1.62. The maximum atomic E-state index is 9.67. The molecule has 0 spiro atoms. The van der Waals surface area contributed by atoms with Crippen LogP contribution in [-0.4, -0.2) is 24.4 Å². The van der Waals surface area contributed by atoms with E-state index in [0.29, 0.717) is 13.2 Å². The third kappa shape index (κ3) is 2.61. The van der Waals surface area contributed by atoms with Gasteiger partial charge in [0.2, 0.25) is 0 Å². The Hall–Kier alpha value is -0.340. The summed E-state index contributed by atoms with van der Waals surface area (Å²) in [7, 11) is 0. The summed E-state index contributed by atoms with van der Waals surface area (Å²) in [6.45, 7) is 7.33. The molecular weight excluding hydrogens is 152 g/mol. The van der Waals surface area contributed by atoms with E-state index >= 15 is 0 Å². The standard InChI is InChI=1S/C10H18O2/c1-3-4-10(11)9-5-8(2)6-12-7-9/h9-11H,2-7H2,1H3. The number of hydrogen-bond acceptors (Lipinski definition) is 2. The van der Waals surface area contributed by atoms with Crippen molar-refractivity contribution in [2.45, 2.75) is 32.3 Å². The third-order valence-electron chi connectivity index (χ3n) is 2.32. The Morgan fingerprint density at radius 1 is 1.75 bits per heavy atom. The first-order chi connectivity index (χ1) is 5.74. The first-order valence-electron chi connectivity index (χ1n) is 4.66. The van der Waals surface area contributed by atoms with E-state index in [1.165, 1.54) is 0 Å². The molecule has 1 fully saturated rings. The van der Waals surface area contributed by atoms with E-state index < -0.39 is 0 Å². The van der Waals surface area contributed by atoms with Gasteiger partial charge in [-0.2, -0.15) is 0 Å². The molecule has 2 heteroatoms. The molecule has 70 valence electrons.